The highest BCUT2D eigenvalue weighted by Crippen LogP contribution is 2.18. The van der Waals surface area contributed by atoms with Gasteiger partial charge in [0.05, 0.1) is 12.1 Å². The summed E-state index contributed by atoms with van der Waals surface area (Å²) >= 11 is 0. The van der Waals surface area contributed by atoms with Crippen LogP contribution in [-0.4, -0.2) is 20.0 Å². The highest BCUT2D eigenvalue weighted by molar-refractivity contribution is 5.92. The van der Waals surface area contributed by atoms with Gasteiger partial charge in [-0.2, -0.15) is 0 Å². The van der Waals surface area contributed by atoms with Crippen LogP contribution in [0.3, 0.4) is 0 Å². The summed E-state index contributed by atoms with van der Waals surface area (Å²) in [4.78, 5) is 43.2. The number of aromatic nitrogens is 3. The van der Waals surface area contributed by atoms with Gasteiger partial charge in [0, 0.05) is 11.9 Å². The highest BCUT2D eigenvalue weighted by Gasteiger charge is 2.17. The van der Waals surface area contributed by atoms with E-state index in [0.29, 0.717) is 11.2 Å². The van der Waals surface area contributed by atoms with E-state index < -0.39 is 11.2 Å². The predicted molar refractivity (Wildman–Crippen MR) is 120 cm³/mol. The van der Waals surface area contributed by atoms with Crippen molar-refractivity contribution in [2.24, 2.45) is 0 Å². The summed E-state index contributed by atoms with van der Waals surface area (Å²) in [6.45, 7) is 3.76. The van der Waals surface area contributed by atoms with Crippen LogP contribution < -0.4 is 16.6 Å². The molecule has 2 aromatic heterocycles. The van der Waals surface area contributed by atoms with E-state index in [1.54, 1.807) is 12.1 Å². The number of hydrogen-bond donors (Lipinski definition) is 1. The average molecular weight is 414 g/mol. The van der Waals surface area contributed by atoms with E-state index in [-0.39, 0.29) is 24.5 Å². The monoisotopic (exact) mass is 414 g/mol. The van der Waals surface area contributed by atoms with Crippen LogP contribution in [0.15, 0.2) is 76.4 Å². The third-order valence-electron chi connectivity index (χ3n) is 5.35. The number of nitrogens with zero attached hydrogens (tertiary/aromatic N) is 3. The molecule has 0 radical (unpaired) electrons. The van der Waals surface area contributed by atoms with Gasteiger partial charge in [-0.3, -0.25) is 18.7 Å². The molecule has 7 heteroatoms. The molecule has 0 aliphatic heterocycles. The third-order valence-corrected chi connectivity index (χ3v) is 5.35. The van der Waals surface area contributed by atoms with Gasteiger partial charge >= 0.3 is 5.69 Å². The lowest BCUT2D eigenvalue weighted by atomic mass is 10.1. The molecule has 31 heavy (non-hydrogen) atoms. The molecule has 1 amide bonds. The molecular weight excluding hydrogens is 392 g/mol. The van der Waals surface area contributed by atoms with Gasteiger partial charge in [-0.1, -0.05) is 42.5 Å². The van der Waals surface area contributed by atoms with Crippen LogP contribution in [0.1, 0.15) is 16.7 Å². The number of carbonyl (C=O) groups is 1. The molecule has 0 aliphatic carbocycles. The quantitative estimate of drug-likeness (QED) is 0.544. The van der Waals surface area contributed by atoms with Crippen molar-refractivity contribution in [2.45, 2.75) is 26.9 Å². The Hall–Kier alpha value is -4.00. The second-order valence-electron chi connectivity index (χ2n) is 7.41. The molecule has 2 heterocycles. The molecule has 1 N–H and O–H groups in total. The smallest absolute Gasteiger partial charge is 0.324 e. The van der Waals surface area contributed by atoms with Crippen LogP contribution in [0.5, 0.6) is 0 Å². The van der Waals surface area contributed by atoms with Crippen molar-refractivity contribution in [3.05, 3.63) is 104 Å². The van der Waals surface area contributed by atoms with Crippen molar-refractivity contribution in [3.63, 3.8) is 0 Å². The maximum absolute atomic E-state index is 13.2. The third kappa shape index (κ3) is 4.02. The zero-order valence-electron chi connectivity index (χ0n) is 17.3. The minimum atomic E-state index is -0.550. The largest absolute Gasteiger partial charge is 0.332 e. The predicted octanol–water partition coefficient (Wildman–Crippen LogP) is 2.86. The maximum atomic E-state index is 13.2. The number of benzene rings is 2. The van der Waals surface area contributed by atoms with Crippen molar-refractivity contribution in [2.75, 3.05) is 5.32 Å². The number of amides is 1. The summed E-state index contributed by atoms with van der Waals surface area (Å²) in [6, 6.07) is 18.1. The Bertz CT molecular complexity index is 1390. The van der Waals surface area contributed by atoms with Crippen LogP contribution in [-0.2, 0) is 17.9 Å². The molecule has 0 atom stereocenters. The van der Waals surface area contributed by atoms with E-state index in [0.717, 1.165) is 21.3 Å². The maximum Gasteiger partial charge on any atom is 0.332 e. The van der Waals surface area contributed by atoms with Gasteiger partial charge in [0.2, 0.25) is 5.91 Å². The molecule has 0 aliphatic rings. The summed E-state index contributed by atoms with van der Waals surface area (Å²) in [6.07, 6.45) is 1.50. The van der Waals surface area contributed by atoms with E-state index in [2.05, 4.69) is 10.3 Å². The van der Waals surface area contributed by atoms with Gasteiger partial charge in [0.15, 0.2) is 5.52 Å². The molecule has 0 unspecified atom stereocenters. The average Bonchev–Trinajstić information content (AvgIpc) is 2.78. The molecule has 4 aromatic rings. The normalized spacial score (nSPS) is 10.9. The Morgan fingerprint density at radius 2 is 1.71 bits per heavy atom. The van der Waals surface area contributed by atoms with Crippen LogP contribution in [0, 0.1) is 13.8 Å². The van der Waals surface area contributed by atoms with Crippen LogP contribution in [0.4, 0.5) is 5.69 Å². The lowest BCUT2D eigenvalue weighted by molar-refractivity contribution is -0.116. The fourth-order valence-corrected chi connectivity index (χ4v) is 3.52. The van der Waals surface area contributed by atoms with Gasteiger partial charge < -0.3 is 5.32 Å². The summed E-state index contributed by atoms with van der Waals surface area (Å²) < 4.78 is 2.42. The summed E-state index contributed by atoms with van der Waals surface area (Å²) in [5.74, 6) is -0.356. The van der Waals surface area contributed by atoms with E-state index in [9.17, 15) is 14.4 Å². The van der Waals surface area contributed by atoms with Crippen molar-refractivity contribution in [1.82, 2.24) is 14.1 Å². The Morgan fingerprint density at radius 1 is 0.935 bits per heavy atom. The summed E-state index contributed by atoms with van der Waals surface area (Å²) in [5, 5.41) is 2.87. The first kappa shape index (κ1) is 20.3. The van der Waals surface area contributed by atoms with Crippen molar-refractivity contribution in [1.29, 1.82) is 0 Å². The number of pyridine rings is 1. The SMILES string of the molecule is Cc1cccc(NC(=O)Cn2c(=O)n(Cc3ccccc3)c(=O)c3ncccc32)c1C. The standard InChI is InChI=1S/C24H22N4O3/c1-16-8-6-11-19(17(16)2)26-21(29)15-27-20-12-7-13-25-22(20)23(30)28(24(27)31)14-18-9-4-3-5-10-18/h3-13H,14-15H2,1-2H3,(H,26,29). The van der Waals surface area contributed by atoms with Crippen LogP contribution in [0.25, 0.3) is 11.0 Å². The molecule has 0 spiro atoms. The topological polar surface area (TPSA) is 86.0 Å². The lowest BCUT2D eigenvalue weighted by Gasteiger charge is -2.15. The lowest BCUT2D eigenvalue weighted by Crippen LogP contribution is -2.42. The van der Waals surface area contributed by atoms with E-state index in [1.165, 1.54) is 10.8 Å². The van der Waals surface area contributed by atoms with Gasteiger partial charge in [-0.15, -0.1) is 0 Å². The minimum Gasteiger partial charge on any atom is -0.324 e. The Labute approximate surface area is 178 Å². The highest BCUT2D eigenvalue weighted by atomic mass is 16.2. The van der Waals surface area contributed by atoms with Crippen molar-refractivity contribution < 1.29 is 4.79 Å². The summed E-state index contributed by atoms with van der Waals surface area (Å²) in [7, 11) is 0. The zero-order chi connectivity index (χ0) is 22.0. The Kier molecular flexibility index (Phi) is 5.49. The van der Waals surface area contributed by atoms with E-state index in [4.69, 9.17) is 0 Å². The second kappa shape index (κ2) is 8.39. The molecule has 0 bridgehead atoms. The molecule has 2 aromatic carbocycles. The van der Waals surface area contributed by atoms with Gasteiger partial charge in [0.25, 0.3) is 5.56 Å². The van der Waals surface area contributed by atoms with Crippen LogP contribution in [0.2, 0.25) is 0 Å². The molecular formula is C24H22N4O3. The minimum absolute atomic E-state index is 0.101. The number of hydrogen-bond acceptors (Lipinski definition) is 4. The Balaban J connectivity index is 1.76. The fourth-order valence-electron chi connectivity index (χ4n) is 3.52. The molecule has 4 rings (SSSR count). The summed E-state index contributed by atoms with van der Waals surface area (Å²) in [5.41, 5.74) is 2.97. The number of carbonyl (C=O) groups excluding carboxylic acids is 1. The fraction of sp³-hybridized carbons (Fsp3) is 0.167. The van der Waals surface area contributed by atoms with Crippen LogP contribution >= 0.6 is 0 Å². The van der Waals surface area contributed by atoms with Gasteiger partial charge in [-0.25, -0.2) is 9.78 Å². The zero-order valence-corrected chi connectivity index (χ0v) is 17.3. The molecule has 0 saturated heterocycles. The van der Waals surface area contributed by atoms with E-state index in [1.807, 2.05) is 62.4 Å². The second-order valence-corrected chi connectivity index (χ2v) is 7.41. The molecule has 156 valence electrons. The first-order valence-electron chi connectivity index (χ1n) is 9.94. The first-order valence-corrected chi connectivity index (χ1v) is 9.94. The first-order chi connectivity index (χ1) is 15.0. The molecule has 7 nitrogen and oxygen atoms in total. The molecule has 0 fully saturated rings. The van der Waals surface area contributed by atoms with Crippen molar-refractivity contribution in [3.8, 4) is 0 Å². The number of fused-ring (bicyclic) bond motifs is 1. The van der Waals surface area contributed by atoms with E-state index >= 15 is 0 Å². The number of anilines is 1. The number of nitrogens with one attached hydrogen (secondary N) is 1. The Morgan fingerprint density at radius 3 is 2.48 bits per heavy atom. The number of aryl methyl sites for hydroxylation is 1. The van der Waals surface area contributed by atoms with Gasteiger partial charge in [-0.05, 0) is 48.7 Å². The van der Waals surface area contributed by atoms with Crippen molar-refractivity contribution >= 4 is 22.6 Å². The molecule has 0 saturated carbocycles. The van der Waals surface area contributed by atoms with Gasteiger partial charge in [0.1, 0.15) is 6.54 Å². The number of rotatable bonds is 5.